The maximum absolute atomic E-state index is 12.3. The van der Waals surface area contributed by atoms with Gasteiger partial charge in [0.1, 0.15) is 11.4 Å². The van der Waals surface area contributed by atoms with Gasteiger partial charge in [-0.1, -0.05) is 6.07 Å². The summed E-state index contributed by atoms with van der Waals surface area (Å²) in [7, 11) is 0.943. The molecular weight excluding hydrogens is 334 g/mol. The van der Waals surface area contributed by atoms with E-state index in [0.29, 0.717) is 35.7 Å². The Morgan fingerprint density at radius 2 is 2.12 bits per heavy atom. The van der Waals surface area contributed by atoms with Crippen molar-refractivity contribution in [2.75, 3.05) is 24.2 Å². The van der Waals surface area contributed by atoms with Gasteiger partial charge in [-0.25, -0.2) is 0 Å². The zero-order valence-corrected chi connectivity index (χ0v) is 15.5. The minimum absolute atomic E-state index is 0.0301. The molecule has 0 aliphatic heterocycles. The number of pyridine rings is 1. The van der Waals surface area contributed by atoms with Gasteiger partial charge < -0.3 is 24.8 Å². The third-order valence-corrected chi connectivity index (χ3v) is 4.77. The smallest absolute Gasteiger partial charge is 0.273 e. The van der Waals surface area contributed by atoms with Crippen LogP contribution in [0.4, 0.5) is 11.4 Å². The Labute approximate surface area is 148 Å². The summed E-state index contributed by atoms with van der Waals surface area (Å²) in [4.78, 5) is 12.3. The minimum atomic E-state index is -0.807. The Balaban J connectivity index is 1.83. The van der Waals surface area contributed by atoms with Crippen molar-refractivity contribution in [1.82, 2.24) is 4.57 Å². The van der Waals surface area contributed by atoms with Crippen molar-refractivity contribution in [3.05, 3.63) is 40.8 Å². The van der Waals surface area contributed by atoms with Crippen molar-refractivity contribution in [1.29, 1.82) is 0 Å². The average Bonchev–Trinajstić information content (AvgIpc) is 3.42. The molecule has 3 rings (SSSR count). The van der Waals surface area contributed by atoms with E-state index in [1.54, 1.807) is 17.8 Å². The third-order valence-electron chi connectivity index (χ3n) is 4.30. The Bertz CT molecular complexity index is 831. The summed E-state index contributed by atoms with van der Waals surface area (Å²) in [5, 5.41) is 3.27. The number of nitrogens with one attached hydrogen (secondary N) is 1. The van der Waals surface area contributed by atoms with Crippen LogP contribution in [0, 0.1) is 5.92 Å². The first-order valence-corrected chi connectivity index (χ1v) is 9.78. The summed E-state index contributed by atoms with van der Waals surface area (Å²) >= 11 is 0. The van der Waals surface area contributed by atoms with E-state index in [-0.39, 0.29) is 5.56 Å². The van der Waals surface area contributed by atoms with Crippen LogP contribution in [-0.4, -0.2) is 27.1 Å². The van der Waals surface area contributed by atoms with Crippen LogP contribution in [0.15, 0.2) is 35.3 Å². The zero-order valence-electron chi connectivity index (χ0n) is 14.3. The van der Waals surface area contributed by atoms with Gasteiger partial charge >= 0.3 is 0 Å². The molecule has 132 valence electrons. The number of nitrogens with zero attached hydrogens (tertiary/aromatic N) is 1. The molecule has 6 nitrogen and oxygen atoms in total. The highest BCUT2D eigenvalue weighted by Gasteiger charge is 2.21. The zero-order chi connectivity index (χ0) is 17.8. The first-order valence-electron chi connectivity index (χ1n) is 8.49. The van der Waals surface area contributed by atoms with E-state index < -0.39 is 9.41 Å². The van der Waals surface area contributed by atoms with Crippen molar-refractivity contribution in [3.63, 3.8) is 0 Å². The predicted molar refractivity (Wildman–Crippen MR) is 101 cm³/mol. The predicted octanol–water partition coefficient (Wildman–Crippen LogP) is 2.04. The van der Waals surface area contributed by atoms with Gasteiger partial charge in [0.15, 0.2) is 0 Å². The van der Waals surface area contributed by atoms with E-state index in [9.17, 15) is 9.26 Å². The molecule has 7 heteroatoms. The number of nitrogens with two attached hydrogens (primary N) is 1. The second-order valence-electron chi connectivity index (χ2n) is 6.44. The lowest BCUT2D eigenvalue weighted by Gasteiger charge is -2.12. The molecule has 1 heterocycles. The highest BCUT2D eigenvalue weighted by molar-refractivity contribution is 6.16. The molecule has 0 radical (unpaired) electrons. The van der Waals surface area contributed by atoms with Crippen LogP contribution in [-0.2, 0) is 11.5 Å². The number of aromatic nitrogens is 1. The summed E-state index contributed by atoms with van der Waals surface area (Å²) in [5.74, 6) is 1.28. The highest BCUT2D eigenvalue weighted by Crippen LogP contribution is 2.30. The summed E-state index contributed by atoms with van der Waals surface area (Å²) in [6.07, 6.45) is 4.28. The van der Waals surface area contributed by atoms with Crippen LogP contribution in [0.3, 0.4) is 0 Å². The maximum atomic E-state index is 12.3. The van der Waals surface area contributed by atoms with Crippen LogP contribution in [0.1, 0.15) is 12.8 Å². The number of ether oxygens (including phenoxy) is 1. The number of aryl methyl sites for hydroxylation is 1. The number of benzene rings is 1. The van der Waals surface area contributed by atoms with Crippen LogP contribution in [0.5, 0.6) is 5.75 Å². The Morgan fingerprint density at radius 3 is 2.80 bits per heavy atom. The second kappa shape index (κ2) is 7.65. The summed E-state index contributed by atoms with van der Waals surface area (Å²) in [6.45, 7) is 1.24. The van der Waals surface area contributed by atoms with Gasteiger partial charge in [0.2, 0.25) is 0 Å². The van der Waals surface area contributed by atoms with Crippen molar-refractivity contribution in [2.24, 2.45) is 13.0 Å². The number of anilines is 2. The largest absolute Gasteiger partial charge is 0.491 e. The molecule has 3 N–H and O–H groups in total. The third kappa shape index (κ3) is 4.36. The van der Waals surface area contributed by atoms with E-state index in [1.165, 1.54) is 12.8 Å². The molecule has 1 aromatic heterocycles. The number of hydrogen-bond donors (Lipinski definition) is 2. The van der Waals surface area contributed by atoms with Gasteiger partial charge in [0.25, 0.3) is 15.0 Å². The molecular formula is C18H23N3O3Si. The number of rotatable bonds is 8. The van der Waals surface area contributed by atoms with E-state index in [2.05, 4.69) is 5.32 Å². The second-order valence-corrected chi connectivity index (χ2v) is 7.35. The van der Waals surface area contributed by atoms with Gasteiger partial charge in [0.05, 0.1) is 12.3 Å². The Kier molecular flexibility index (Phi) is 5.33. The standard InChI is InChI=1S/C18H23N3O3Si/c1-21-11-14(9-16(18(21)22)20-10-12-2-3-12)13-4-5-17(15(19)8-13)24-6-7-25-23/h4-5,8-9,11-12,20,25H,2-3,6-7,10,19H2,1H3. The molecule has 0 saturated heterocycles. The SMILES string of the molecule is Cn1cc(-c2ccc(OCC[SiH]=O)c(N)c2)cc(NCC2CC2)c1=O. The molecule has 2 aromatic rings. The average molecular weight is 357 g/mol. The minimum Gasteiger partial charge on any atom is -0.491 e. The van der Waals surface area contributed by atoms with Crippen LogP contribution >= 0.6 is 0 Å². The van der Waals surface area contributed by atoms with Crippen LogP contribution in [0.25, 0.3) is 11.1 Å². The molecule has 0 bridgehead atoms. The molecule has 1 aliphatic carbocycles. The van der Waals surface area contributed by atoms with Gasteiger partial charge in [-0.2, -0.15) is 0 Å². The molecule has 0 atom stereocenters. The highest BCUT2D eigenvalue weighted by atomic mass is 28.2. The van der Waals surface area contributed by atoms with Gasteiger partial charge in [-0.15, -0.1) is 0 Å². The molecule has 0 unspecified atom stereocenters. The summed E-state index contributed by atoms with van der Waals surface area (Å²) < 4.78 is 17.7. The van der Waals surface area contributed by atoms with Crippen molar-refractivity contribution in [2.45, 2.75) is 18.9 Å². The maximum Gasteiger partial charge on any atom is 0.273 e. The van der Waals surface area contributed by atoms with E-state index in [1.807, 2.05) is 24.3 Å². The fourth-order valence-electron chi connectivity index (χ4n) is 2.65. The van der Waals surface area contributed by atoms with Crippen LogP contribution < -0.4 is 21.3 Å². The molecule has 0 spiro atoms. The first kappa shape index (κ1) is 17.4. The monoisotopic (exact) mass is 357 g/mol. The van der Waals surface area contributed by atoms with Gasteiger partial charge in [-0.05, 0) is 42.5 Å². The van der Waals surface area contributed by atoms with Gasteiger partial charge in [0, 0.05) is 31.4 Å². The van der Waals surface area contributed by atoms with Gasteiger partial charge in [-0.3, -0.25) is 4.79 Å². The quantitative estimate of drug-likeness (QED) is 0.429. The van der Waals surface area contributed by atoms with Crippen molar-refractivity contribution < 1.29 is 9.20 Å². The summed E-state index contributed by atoms with van der Waals surface area (Å²) in [6, 6.07) is 7.98. The van der Waals surface area contributed by atoms with Crippen molar-refractivity contribution in [3.8, 4) is 16.9 Å². The van der Waals surface area contributed by atoms with E-state index in [0.717, 1.165) is 17.7 Å². The molecule has 1 fully saturated rings. The lowest BCUT2D eigenvalue weighted by molar-refractivity contribution is 0.339. The Hall–Kier alpha value is -2.41. The lowest BCUT2D eigenvalue weighted by atomic mass is 10.1. The molecule has 1 aromatic carbocycles. The molecule has 1 aliphatic rings. The number of hydrogen-bond acceptors (Lipinski definition) is 5. The fourth-order valence-corrected chi connectivity index (χ4v) is 2.86. The van der Waals surface area contributed by atoms with Crippen molar-refractivity contribution >= 4 is 20.8 Å². The van der Waals surface area contributed by atoms with Crippen LogP contribution in [0.2, 0.25) is 6.04 Å². The number of nitrogen functional groups attached to an aromatic ring is 1. The summed E-state index contributed by atoms with van der Waals surface area (Å²) in [5.41, 5.74) is 9.03. The lowest BCUT2D eigenvalue weighted by Crippen LogP contribution is -2.21. The topological polar surface area (TPSA) is 86.3 Å². The van der Waals surface area contributed by atoms with E-state index in [4.69, 9.17) is 10.5 Å². The fraction of sp³-hybridized carbons (Fsp3) is 0.389. The van der Waals surface area contributed by atoms with E-state index >= 15 is 0 Å². The Morgan fingerprint density at radius 1 is 1.32 bits per heavy atom. The molecule has 1 saturated carbocycles. The normalized spacial score (nSPS) is 13.5. The molecule has 0 amide bonds. The first-order chi connectivity index (χ1) is 12.1. The molecule has 25 heavy (non-hydrogen) atoms.